The molecule has 1 aromatic heterocycles. The molecule has 0 radical (unpaired) electrons. The zero-order valence-electron chi connectivity index (χ0n) is 20.5. The van der Waals surface area contributed by atoms with Gasteiger partial charge in [-0.05, 0) is 48.5 Å². The van der Waals surface area contributed by atoms with E-state index in [1.165, 1.54) is 4.90 Å². The summed E-state index contributed by atoms with van der Waals surface area (Å²) in [6.45, 7) is 2.45. The van der Waals surface area contributed by atoms with Gasteiger partial charge < -0.3 is 19.4 Å². The predicted molar refractivity (Wildman–Crippen MR) is 146 cm³/mol. The Labute approximate surface area is 222 Å². The van der Waals surface area contributed by atoms with Crippen molar-refractivity contribution < 1.29 is 23.9 Å². The van der Waals surface area contributed by atoms with E-state index in [4.69, 9.17) is 9.47 Å². The number of aryl methyl sites for hydroxylation is 1. The van der Waals surface area contributed by atoms with Crippen LogP contribution >= 0.6 is 11.8 Å². The summed E-state index contributed by atoms with van der Waals surface area (Å²) in [5, 5.41) is 3.48. The number of hydrogen-bond acceptors (Lipinski definition) is 6. The first-order valence-corrected chi connectivity index (χ1v) is 12.8. The number of thioether (sulfide) groups is 1. The largest absolute Gasteiger partial charge is 0.454 e. The smallest absolute Gasteiger partial charge is 0.293 e. The minimum Gasteiger partial charge on any atom is -0.454 e. The molecule has 0 saturated carbocycles. The van der Waals surface area contributed by atoms with Gasteiger partial charge in [0.2, 0.25) is 12.7 Å². The molecule has 0 aliphatic carbocycles. The molecular formula is C29H23N3O5S. The Morgan fingerprint density at radius 3 is 2.66 bits per heavy atom. The fourth-order valence-corrected chi connectivity index (χ4v) is 5.33. The molecule has 0 spiro atoms. The van der Waals surface area contributed by atoms with Gasteiger partial charge in [0.05, 0.1) is 11.4 Å². The van der Waals surface area contributed by atoms with E-state index in [1.807, 2.05) is 66.2 Å². The molecule has 3 amide bonds. The molecule has 0 atom stereocenters. The van der Waals surface area contributed by atoms with Crippen molar-refractivity contribution in [1.29, 1.82) is 0 Å². The van der Waals surface area contributed by atoms with Crippen LogP contribution in [0.25, 0.3) is 17.0 Å². The van der Waals surface area contributed by atoms with Crippen molar-refractivity contribution in [2.45, 2.75) is 20.0 Å². The summed E-state index contributed by atoms with van der Waals surface area (Å²) in [6.07, 6.45) is 3.56. The zero-order chi connectivity index (χ0) is 26.2. The molecule has 3 heterocycles. The Bertz CT molecular complexity index is 1620. The first-order chi connectivity index (χ1) is 18.4. The maximum absolute atomic E-state index is 13.1. The van der Waals surface area contributed by atoms with Crippen LogP contribution in [0.3, 0.4) is 0 Å². The zero-order valence-corrected chi connectivity index (χ0v) is 21.3. The summed E-state index contributed by atoms with van der Waals surface area (Å²) in [5.41, 5.74) is 4.22. The monoisotopic (exact) mass is 525 g/mol. The van der Waals surface area contributed by atoms with Gasteiger partial charge in [-0.2, -0.15) is 0 Å². The van der Waals surface area contributed by atoms with Crippen molar-refractivity contribution in [1.82, 2.24) is 9.47 Å². The van der Waals surface area contributed by atoms with Crippen LogP contribution in [0.5, 0.6) is 11.5 Å². The van der Waals surface area contributed by atoms with Crippen LogP contribution in [0.15, 0.2) is 77.8 Å². The summed E-state index contributed by atoms with van der Waals surface area (Å²) in [7, 11) is 0. The fourth-order valence-electron chi connectivity index (χ4n) is 4.50. The van der Waals surface area contributed by atoms with Crippen molar-refractivity contribution in [2.24, 2.45) is 0 Å². The highest BCUT2D eigenvalue weighted by Crippen LogP contribution is 2.36. The third kappa shape index (κ3) is 4.64. The minimum atomic E-state index is -0.321. The quantitative estimate of drug-likeness (QED) is 0.332. The van der Waals surface area contributed by atoms with E-state index in [2.05, 4.69) is 5.32 Å². The van der Waals surface area contributed by atoms with Crippen molar-refractivity contribution in [3.05, 3.63) is 94.5 Å². The van der Waals surface area contributed by atoms with Gasteiger partial charge in [-0.1, -0.05) is 48.0 Å². The number of nitrogens with one attached hydrogen (secondary N) is 1. The number of amides is 3. The van der Waals surface area contributed by atoms with Crippen LogP contribution in [-0.2, 0) is 22.7 Å². The van der Waals surface area contributed by atoms with E-state index >= 15 is 0 Å². The lowest BCUT2D eigenvalue weighted by molar-refractivity contribution is -0.123. The molecule has 190 valence electrons. The molecule has 4 aromatic rings. The predicted octanol–water partition coefficient (Wildman–Crippen LogP) is 5.55. The second-order valence-electron chi connectivity index (χ2n) is 9.10. The molecular weight excluding hydrogens is 502 g/mol. The lowest BCUT2D eigenvalue weighted by atomic mass is 10.1. The Hall–Kier alpha value is -4.50. The number of fused-ring (bicyclic) bond motifs is 2. The molecule has 2 aliphatic rings. The molecule has 1 fully saturated rings. The molecule has 3 aromatic carbocycles. The fraction of sp³-hybridized carbons (Fsp3) is 0.138. The number of imide groups is 1. The topological polar surface area (TPSA) is 89.9 Å². The van der Waals surface area contributed by atoms with Crippen molar-refractivity contribution >= 4 is 51.5 Å². The van der Waals surface area contributed by atoms with Crippen LogP contribution in [0.2, 0.25) is 0 Å². The van der Waals surface area contributed by atoms with Gasteiger partial charge in [-0.3, -0.25) is 19.3 Å². The van der Waals surface area contributed by atoms with E-state index < -0.39 is 0 Å². The summed E-state index contributed by atoms with van der Waals surface area (Å²) in [6, 6.07) is 20.7. The van der Waals surface area contributed by atoms with Gasteiger partial charge in [0.1, 0.15) is 6.54 Å². The second kappa shape index (κ2) is 9.75. The summed E-state index contributed by atoms with van der Waals surface area (Å²) >= 11 is 0.930. The van der Waals surface area contributed by atoms with Gasteiger partial charge in [-0.15, -0.1) is 0 Å². The number of ether oxygens (including phenoxy) is 2. The number of hydrogen-bond donors (Lipinski definition) is 1. The van der Waals surface area contributed by atoms with Crippen molar-refractivity contribution in [3.8, 4) is 11.5 Å². The Balaban J connectivity index is 1.22. The maximum Gasteiger partial charge on any atom is 0.293 e. The van der Waals surface area contributed by atoms with Gasteiger partial charge in [0.25, 0.3) is 11.1 Å². The summed E-state index contributed by atoms with van der Waals surface area (Å²) < 4.78 is 12.5. The number of carbonyl (C=O) groups is 3. The summed E-state index contributed by atoms with van der Waals surface area (Å²) in [5.74, 6) is 0.702. The van der Waals surface area contributed by atoms with E-state index in [-0.39, 0.29) is 36.9 Å². The van der Waals surface area contributed by atoms with E-state index in [0.717, 1.165) is 39.4 Å². The van der Waals surface area contributed by atoms with E-state index in [1.54, 1.807) is 24.3 Å². The average Bonchev–Trinajstić information content (AvgIpc) is 3.58. The van der Waals surface area contributed by atoms with Gasteiger partial charge >= 0.3 is 0 Å². The Kier molecular flexibility index (Phi) is 6.13. The standard InChI is InChI=1S/C29H23N3O5S/c1-18-6-8-19(9-7-18)14-32-28(34)26(38-29(32)35)12-20-15-31(23-5-3-2-4-22(20)23)16-27(33)30-21-10-11-24-25(13-21)37-17-36-24/h2-13,15H,14,16-17H2,1H3,(H,30,33)/b26-12-. The molecule has 8 nitrogen and oxygen atoms in total. The Morgan fingerprint density at radius 2 is 1.82 bits per heavy atom. The number of benzene rings is 3. The molecule has 1 saturated heterocycles. The number of nitrogens with zero attached hydrogens (tertiary/aromatic N) is 2. The first kappa shape index (κ1) is 23.9. The normalized spacial score (nSPS) is 15.6. The summed E-state index contributed by atoms with van der Waals surface area (Å²) in [4.78, 5) is 40.3. The highest BCUT2D eigenvalue weighted by atomic mass is 32.2. The molecule has 6 rings (SSSR count). The maximum atomic E-state index is 13.1. The lowest BCUT2D eigenvalue weighted by Crippen LogP contribution is -2.27. The van der Waals surface area contributed by atoms with E-state index in [0.29, 0.717) is 22.1 Å². The SMILES string of the molecule is Cc1ccc(CN2C(=O)S/C(=C\c3cn(CC(=O)Nc4ccc5c(c4)OCO5)c4ccccc34)C2=O)cc1. The van der Waals surface area contributed by atoms with Crippen LogP contribution in [0, 0.1) is 6.92 Å². The van der Waals surface area contributed by atoms with Crippen LogP contribution < -0.4 is 14.8 Å². The number of para-hydroxylation sites is 1. The van der Waals surface area contributed by atoms with Gasteiger partial charge in [0.15, 0.2) is 11.5 Å². The number of rotatable bonds is 6. The molecule has 0 unspecified atom stereocenters. The first-order valence-electron chi connectivity index (χ1n) is 12.0. The van der Waals surface area contributed by atoms with Crippen molar-refractivity contribution in [3.63, 3.8) is 0 Å². The van der Waals surface area contributed by atoms with Gasteiger partial charge in [0, 0.05) is 34.4 Å². The molecule has 2 aliphatic heterocycles. The average molecular weight is 526 g/mol. The highest BCUT2D eigenvalue weighted by molar-refractivity contribution is 8.18. The van der Waals surface area contributed by atoms with E-state index in [9.17, 15) is 14.4 Å². The second-order valence-corrected chi connectivity index (χ2v) is 10.1. The third-order valence-corrected chi connectivity index (χ3v) is 7.32. The molecule has 1 N–H and O–H groups in total. The third-order valence-electron chi connectivity index (χ3n) is 6.41. The van der Waals surface area contributed by atoms with Gasteiger partial charge in [-0.25, -0.2) is 0 Å². The van der Waals surface area contributed by atoms with Crippen molar-refractivity contribution in [2.75, 3.05) is 12.1 Å². The lowest BCUT2D eigenvalue weighted by Gasteiger charge is -2.12. The van der Waals surface area contributed by atoms with Crippen LogP contribution in [-0.4, -0.2) is 33.3 Å². The number of anilines is 1. The molecule has 9 heteroatoms. The minimum absolute atomic E-state index is 0.0672. The molecule has 0 bridgehead atoms. The number of aromatic nitrogens is 1. The van der Waals surface area contributed by atoms with Crippen LogP contribution in [0.4, 0.5) is 10.5 Å². The Morgan fingerprint density at radius 1 is 1.03 bits per heavy atom. The number of carbonyl (C=O) groups excluding carboxylic acids is 3. The molecule has 38 heavy (non-hydrogen) atoms. The van der Waals surface area contributed by atoms with Crippen LogP contribution in [0.1, 0.15) is 16.7 Å². The highest BCUT2D eigenvalue weighted by Gasteiger charge is 2.35.